The molecule has 0 N–H and O–H groups in total. The van der Waals surface area contributed by atoms with Crippen LogP contribution in [0.2, 0.25) is 5.02 Å². The summed E-state index contributed by atoms with van der Waals surface area (Å²) in [6.45, 7) is 4.78. The van der Waals surface area contributed by atoms with Gasteiger partial charge in [0.1, 0.15) is 5.75 Å². The molecule has 1 atom stereocenters. The Hall–Kier alpha value is -2.57. The predicted octanol–water partition coefficient (Wildman–Crippen LogP) is 3.81. The van der Waals surface area contributed by atoms with Crippen molar-refractivity contribution in [3.05, 3.63) is 65.2 Å². The Labute approximate surface area is 201 Å². The average molecular weight is 470 g/mol. The minimum absolute atomic E-state index is 0.0866. The van der Waals surface area contributed by atoms with E-state index in [9.17, 15) is 9.59 Å². The third-order valence-corrected chi connectivity index (χ3v) is 7.05. The lowest BCUT2D eigenvalue weighted by Gasteiger charge is -2.43. The monoisotopic (exact) mass is 469 g/mol. The van der Waals surface area contributed by atoms with Crippen molar-refractivity contribution >= 4 is 23.4 Å². The number of carbonyl (C=O) groups is 2. The summed E-state index contributed by atoms with van der Waals surface area (Å²) in [5.41, 5.74) is 0.0650. The molecule has 0 saturated carbocycles. The van der Waals surface area contributed by atoms with E-state index in [2.05, 4.69) is 11.9 Å². The van der Waals surface area contributed by atoms with Gasteiger partial charge in [-0.05, 0) is 44.2 Å². The summed E-state index contributed by atoms with van der Waals surface area (Å²) in [5, 5.41) is 0.452. The van der Waals surface area contributed by atoms with Gasteiger partial charge in [-0.3, -0.25) is 9.59 Å². The molecular formula is C26H32ClN3O3. The number of para-hydroxylation sites is 1. The maximum atomic E-state index is 13.3. The zero-order chi connectivity index (χ0) is 23.3. The largest absolute Gasteiger partial charge is 0.493 e. The highest BCUT2D eigenvalue weighted by Crippen LogP contribution is 2.36. The molecule has 0 aromatic heterocycles. The number of nitrogens with zero attached hydrogens (tertiary/aromatic N) is 3. The van der Waals surface area contributed by atoms with Crippen molar-refractivity contribution in [1.29, 1.82) is 0 Å². The van der Waals surface area contributed by atoms with Crippen LogP contribution in [0.1, 0.15) is 29.6 Å². The smallest absolute Gasteiger partial charge is 0.255 e. The molecule has 2 heterocycles. The number of piperazine rings is 1. The third kappa shape index (κ3) is 5.87. The van der Waals surface area contributed by atoms with Gasteiger partial charge >= 0.3 is 0 Å². The highest BCUT2D eigenvalue weighted by molar-refractivity contribution is 6.33. The predicted molar refractivity (Wildman–Crippen MR) is 130 cm³/mol. The van der Waals surface area contributed by atoms with Crippen LogP contribution in [0.15, 0.2) is 54.6 Å². The van der Waals surface area contributed by atoms with Gasteiger partial charge < -0.3 is 19.4 Å². The van der Waals surface area contributed by atoms with Gasteiger partial charge in [0.15, 0.2) is 0 Å². The van der Waals surface area contributed by atoms with Crippen LogP contribution < -0.4 is 4.74 Å². The average Bonchev–Trinajstić information content (AvgIpc) is 2.84. The molecule has 0 spiro atoms. The van der Waals surface area contributed by atoms with E-state index in [-0.39, 0.29) is 11.8 Å². The first-order valence-corrected chi connectivity index (χ1v) is 12.0. The van der Waals surface area contributed by atoms with Crippen molar-refractivity contribution in [3.63, 3.8) is 0 Å². The lowest BCUT2D eigenvalue weighted by atomic mass is 9.77. The fourth-order valence-electron chi connectivity index (χ4n) is 4.74. The molecule has 4 rings (SSSR count). The van der Waals surface area contributed by atoms with Crippen LogP contribution in [-0.4, -0.2) is 79.4 Å². The summed E-state index contributed by atoms with van der Waals surface area (Å²) >= 11 is 6.31. The maximum absolute atomic E-state index is 13.3. The highest BCUT2D eigenvalue weighted by atomic mass is 35.5. The zero-order valence-corrected chi connectivity index (χ0v) is 20.0. The molecule has 6 nitrogen and oxygen atoms in total. The van der Waals surface area contributed by atoms with Crippen molar-refractivity contribution in [3.8, 4) is 5.75 Å². The summed E-state index contributed by atoms with van der Waals surface area (Å²) in [5.74, 6) is 0.835. The number of halogens is 1. The van der Waals surface area contributed by atoms with E-state index < -0.39 is 5.41 Å². The number of carbonyl (C=O) groups excluding carboxylic acids is 2. The quantitative estimate of drug-likeness (QED) is 0.645. The second-order valence-corrected chi connectivity index (χ2v) is 9.68. The Kier molecular flexibility index (Phi) is 7.56. The van der Waals surface area contributed by atoms with Crippen LogP contribution in [0.25, 0.3) is 0 Å². The van der Waals surface area contributed by atoms with Crippen LogP contribution in [0.5, 0.6) is 5.75 Å². The third-order valence-electron chi connectivity index (χ3n) is 6.72. The number of piperidine rings is 1. The van der Waals surface area contributed by atoms with Gasteiger partial charge in [-0.15, -0.1) is 0 Å². The molecule has 0 radical (unpaired) electrons. The molecule has 7 heteroatoms. The number of likely N-dealkylation sites (tertiary alicyclic amines) is 1. The Bertz CT molecular complexity index is 962. The standard InChI is InChI=1S/C26H32ClN3O3/c1-28-14-16-29(17-15-28)24(31)18-26(20-33-21-8-3-2-4-9-21)12-7-13-30(19-26)25(32)22-10-5-6-11-23(22)27/h2-6,8-11H,7,12-20H2,1H3. The number of amides is 2. The fraction of sp³-hybridized carbons (Fsp3) is 0.462. The molecule has 2 aromatic carbocycles. The first-order chi connectivity index (χ1) is 16.0. The van der Waals surface area contributed by atoms with Crippen molar-refractivity contribution < 1.29 is 14.3 Å². The topological polar surface area (TPSA) is 53.1 Å². The first-order valence-electron chi connectivity index (χ1n) is 11.6. The zero-order valence-electron chi connectivity index (χ0n) is 19.2. The van der Waals surface area contributed by atoms with E-state index in [1.165, 1.54) is 0 Å². The lowest BCUT2D eigenvalue weighted by molar-refractivity contribution is -0.137. The molecule has 2 fully saturated rings. The summed E-state index contributed by atoms with van der Waals surface area (Å²) in [6, 6.07) is 16.8. The number of hydrogen-bond acceptors (Lipinski definition) is 4. The van der Waals surface area contributed by atoms with Gasteiger partial charge in [-0.25, -0.2) is 0 Å². The molecule has 33 heavy (non-hydrogen) atoms. The van der Waals surface area contributed by atoms with Crippen LogP contribution in [0.4, 0.5) is 0 Å². The molecular weight excluding hydrogens is 438 g/mol. The van der Waals surface area contributed by atoms with E-state index in [1.807, 2.05) is 52.3 Å². The number of hydrogen-bond donors (Lipinski definition) is 0. The van der Waals surface area contributed by atoms with Gasteiger partial charge in [-0.2, -0.15) is 0 Å². The second-order valence-electron chi connectivity index (χ2n) is 9.27. The summed E-state index contributed by atoms with van der Waals surface area (Å²) in [7, 11) is 2.08. The van der Waals surface area contributed by atoms with Gasteiger partial charge in [-0.1, -0.05) is 41.9 Å². The minimum atomic E-state index is -0.439. The molecule has 2 saturated heterocycles. The minimum Gasteiger partial charge on any atom is -0.493 e. The van der Waals surface area contributed by atoms with E-state index in [4.69, 9.17) is 16.3 Å². The molecule has 1 unspecified atom stereocenters. The Morgan fingerprint density at radius 3 is 2.36 bits per heavy atom. The van der Waals surface area contributed by atoms with Crippen molar-refractivity contribution in [2.75, 3.05) is 52.9 Å². The number of ether oxygens (including phenoxy) is 1. The van der Waals surface area contributed by atoms with Crippen LogP contribution in [0.3, 0.4) is 0 Å². The molecule has 2 aliphatic heterocycles. The fourth-order valence-corrected chi connectivity index (χ4v) is 4.96. The summed E-state index contributed by atoms with van der Waals surface area (Å²) in [6.07, 6.45) is 2.03. The molecule has 2 aliphatic rings. The maximum Gasteiger partial charge on any atom is 0.255 e. The molecule has 2 aromatic rings. The van der Waals surface area contributed by atoms with Crippen LogP contribution >= 0.6 is 11.6 Å². The number of rotatable bonds is 6. The molecule has 0 bridgehead atoms. The lowest BCUT2D eigenvalue weighted by Crippen LogP contribution is -2.53. The molecule has 0 aliphatic carbocycles. The number of likely N-dealkylation sites (N-methyl/N-ethyl adjacent to an activating group) is 1. The van der Waals surface area contributed by atoms with Crippen molar-refractivity contribution in [1.82, 2.24) is 14.7 Å². The van der Waals surface area contributed by atoms with Gasteiger partial charge in [0.25, 0.3) is 5.91 Å². The Balaban J connectivity index is 1.53. The van der Waals surface area contributed by atoms with Gasteiger partial charge in [0, 0.05) is 51.1 Å². The number of benzene rings is 2. The Morgan fingerprint density at radius 2 is 1.64 bits per heavy atom. The van der Waals surface area contributed by atoms with Crippen molar-refractivity contribution in [2.24, 2.45) is 5.41 Å². The van der Waals surface area contributed by atoms with Crippen LogP contribution in [0, 0.1) is 5.41 Å². The van der Waals surface area contributed by atoms with E-state index in [0.717, 1.165) is 44.8 Å². The van der Waals surface area contributed by atoms with E-state index >= 15 is 0 Å². The van der Waals surface area contributed by atoms with Crippen LogP contribution in [-0.2, 0) is 4.79 Å². The van der Waals surface area contributed by atoms with Gasteiger partial charge in [0.05, 0.1) is 17.2 Å². The highest BCUT2D eigenvalue weighted by Gasteiger charge is 2.41. The van der Waals surface area contributed by atoms with Crippen molar-refractivity contribution in [2.45, 2.75) is 19.3 Å². The molecule has 176 valence electrons. The van der Waals surface area contributed by atoms with E-state index in [0.29, 0.717) is 36.7 Å². The van der Waals surface area contributed by atoms with Gasteiger partial charge in [0.2, 0.25) is 5.91 Å². The normalized spacial score (nSPS) is 21.6. The Morgan fingerprint density at radius 1 is 0.939 bits per heavy atom. The summed E-state index contributed by atoms with van der Waals surface area (Å²) < 4.78 is 6.17. The first kappa shape index (κ1) is 23.6. The summed E-state index contributed by atoms with van der Waals surface area (Å²) in [4.78, 5) is 32.7. The van der Waals surface area contributed by atoms with E-state index in [1.54, 1.807) is 12.1 Å². The molecule has 2 amide bonds. The second kappa shape index (κ2) is 10.6. The SMILES string of the molecule is CN1CCN(C(=O)CC2(COc3ccccc3)CCCN(C(=O)c3ccccc3Cl)C2)CC1.